The summed E-state index contributed by atoms with van der Waals surface area (Å²) in [5, 5.41) is 11.4. The Hall–Kier alpha value is -2.83. The van der Waals surface area contributed by atoms with Gasteiger partial charge >= 0.3 is 12.1 Å². The molecule has 1 N–H and O–H groups in total. The van der Waals surface area contributed by atoms with Gasteiger partial charge in [-0.15, -0.1) is 0 Å². The van der Waals surface area contributed by atoms with E-state index in [4.69, 9.17) is 9.47 Å². The molecule has 2 heterocycles. The van der Waals surface area contributed by atoms with Crippen LogP contribution in [-0.2, 0) is 9.53 Å². The van der Waals surface area contributed by atoms with E-state index in [2.05, 4.69) is 4.98 Å². The van der Waals surface area contributed by atoms with E-state index in [-0.39, 0.29) is 13.0 Å². The molecule has 0 aliphatic carbocycles. The first-order valence-corrected chi connectivity index (χ1v) is 8.88. The Morgan fingerprint density at radius 2 is 2.00 bits per heavy atom. The van der Waals surface area contributed by atoms with Crippen molar-refractivity contribution < 1.29 is 24.2 Å². The summed E-state index contributed by atoms with van der Waals surface area (Å²) in [5.41, 5.74) is 0.374. The molecular formula is C20H24N2O5. The molecule has 1 fully saturated rings. The fourth-order valence-corrected chi connectivity index (χ4v) is 3.15. The summed E-state index contributed by atoms with van der Waals surface area (Å²) in [5.74, 6) is -0.634. The van der Waals surface area contributed by atoms with Crippen LogP contribution in [-0.4, -0.2) is 51.3 Å². The van der Waals surface area contributed by atoms with Gasteiger partial charge in [-0.05, 0) is 45.2 Å². The SMILES string of the molecule is Cc1ccc2ccnc(O[C@@H]3C[C@@H](C(=O)O)N(C(=O)OC(C)(C)C)C3)c2c1. The Morgan fingerprint density at radius 1 is 1.26 bits per heavy atom. The number of ether oxygens (including phenoxy) is 2. The lowest BCUT2D eigenvalue weighted by atomic mass is 10.1. The minimum absolute atomic E-state index is 0.135. The summed E-state index contributed by atoms with van der Waals surface area (Å²) in [7, 11) is 0. The second-order valence-corrected chi connectivity index (χ2v) is 7.80. The lowest BCUT2D eigenvalue weighted by Gasteiger charge is -2.26. The average Bonchev–Trinajstić information content (AvgIpc) is 2.98. The maximum atomic E-state index is 12.4. The largest absolute Gasteiger partial charge is 0.480 e. The van der Waals surface area contributed by atoms with Crippen molar-refractivity contribution in [2.75, 3.05) is 6.54 Å². The molecule has 7 heteroatoms. The molecule has 0 unspecified atom stereocenters. The van der Waals surface area contributed by atoms with Crippen LogP contribution in [0, 0.1) is 6.92 Å². The summed E-state index contributed by atoms with van der Waals surface area (Å²) in [6.07, 6.45) is 0.709. The van der Waals surface area contributed by atoms with E-state index >= 15 is 0 Å². The molecule has 0 spiro atoms. The van der Waals surface area contributed by atoms with E-state index in [1.807, 2.05) is 31.2 Å². The van der Waals surface area contributed by atoms with Crippen LogP contribution in [0.15, 0.2) is 30.5 Å². The van der Waals surface area contributed by atoms with Crippen LogP contribution in [0.3, 0.4) is 0 Å². The Labute approximate surface area is 157 Å². The minimum Gasteiger partial charge on any atom is -0.480 e. The molecule has 1 aromatic heterocycles. The number of rotatable bonds is 3. The fourth-order valence-electron chi connectivity index (χ4n) is 3.15. The third-order valence-electron chi connectivity index (χ3n) is 4.34. The fraction of sp³-hybridized carbons (Fsp3) is 0.450. The summed E-state index contributed by atoms with van der Waals surface area (Å²) < 4.78 is 11.3. The number of nitrogens with zero attached hydrogens (tertiary/aromatic N) is 2. The number of benzene rings is 1. The van der Waals surface area contributed by atoms with Crippen molar-refractivity contribution >= 4 is 22.8 Å². The zero-order valence-electron chi connectivity index (χ0n) is 15.9. The quantitative estimate of drug-likeness (QED) is 0.888. The van der Waals surface area contributed by atoms with Crippen LogP contribution in [0.2, 0.25) is 0 Å². The Bertz CT molecular complexity index is 874. The smallest absolute Gasteiger partial charge is 0.411 e. The van der Waals surface area contributed by atoms with Crippen LogP contribution in [0.4, 0.5) is 4.79 Å². The lowest BCUT2D eigenvalue weighted by Crippen LogP contribution is -2.43. The first-order chi connectivity index (χ1) is 12.6. The first kappa shape index (κ1) is 18.9. The third-order valence-corrected chi connectivity index (χ3v) is 4.34. The number of carbonyl (C=O) groups excluding carboxylic acids is 1. The molecule has 1 amide bonds. The molecule has 2 atom stereocenters. The number of carbonyl (C=O) groups is 2. The van der Waals surface area contributed by atoms with Crippen LogP contribution < -0.4 is 4.74 Å². The van der Waals surface area contributed by atoms with Gasteiger partial charge in [0.25, 0.3) is 0 Å². The van der Waals surface area contributed by atoms with Gasteiger partial charge in [0.2, 0.25) is 5.88 Å². The Balaban J connectivity index is 1.82. The molecule has 1 saturated heterocycles. The van der Waals surface area contributed by atoms with Crippen LogP contribution in [0.5, 0.6) is 5.88 Å². The zero-order valence-corrected chi connectivity index (χ0v) is 15.9. The van der Waals surface area contributed by atoms with Gasteiger partial charge in [-0.1, -0.05) is 17.7 Å². The van der Waals surface area contributed by atoms with Gasteiger partial charge in [-0.2, -0.15) is 0 Å². The predicted molar refractivity (Wildman–Crippen MR) is 99.9 cm³/mol. The number of aromatic nitrogens is 1. The number of carboxylic acids is 1. The molecule has 1 aliphatic heterocycles. The normalized spacial score (nSPS) is 19.9. The van der Waals surface area contributed by atoms with Crippen molar-refractivity contribution in [1.29, 1.82) is 0 Å². The van der Waals surface area contributed by atoms with Crippen molar-refractivity contribution in [3.63, 3.8) is 0 Å². The molecule has 1 aliphatic rings. The predicted octanol–water partition coefficient (Wildman–Crippen LogP) is 3.38. The summed E-state index contributed by atoms with van der Waals surface area (Å²) in [6, 6.07) is 6.88. The topological polar surface area (TPSA) is 89.0 Å². The summed E-state index contributed by atoms with van der Waals surface area (Å²) in [6.45, 7) is 7.35. The molecule has 2 aromatic rings. The van der Waals surface area contributed by atoms with Gasteiger partial charge in [0.1, 0.15) is 17.7 Å². The molecule has 0 saturated carbocycles. The van der Waals surface area contributed by atoms with E-state index < -0.39 is 29.8 Å². The third kappa shape index (κ3) is 4.30. The van der Waals surface area contributed by atoms with E-state index in [1.54, 1.807) is 27.0 Å². The summed E-state index contributed by atoms with van der Waals surface area (Å²) >= 11 is 0. The highest BCUT2D eigenvalue weighted by molar-refractivity contribution is 5.87. The Kier molecular flexibility index (Phi) is 4.95. The molecule has 0 radical (unpaired) electrons. The van der Waals surface area contributed by atoms with E-state index in [0.29, 0.717) is 5.88 Å². The first-order valence-electron chi connectivity index (χ1n) is 8.88. The van der Waals surface area contributed by atoms with Gasteiger partial charge in [0, 0.05) is 18.0 Å². The highest BCUT2D eigenvalue weighted by atomic mass is 16.6. The van der Waals surface area contributed by atoms with Gasteiger partial charge < -0.3 is 14.6 Å². The van der Waals surface area contributed by atoms with E-state index in [0.717, 1.165) is 16.3 Å². The van der Waals surface area contributed by atoms with Crippen LogP contribution in [0.25, 0.3) is 10.8 Å². The zero-order chi connectivity index (χ0) is 19.8. The maximum absolute atomic E-state index is 12.4. The van der Waals surface area contributed by atoms with Crippen LogP contribution >= 0.6 is 0 Å². The average molecular weight is 372 g/mol. The van der Waals surface area contributed by atoms with Gasteiger partial charge in [0.05, 0.1) is 6.54 Å². The monoisotopic (exact) mass is 372 g/mol. The molecule has 144 valence electrons. The molecule has 7 nitrogen and oxygen atoms in total. The van der Waals surface area contributed by atoms with Gasteiger partial charge in [-0.3, -0.25) is 4.90 Å². The van der Waals surface area contributed by atoms with Crippen molar-refractivity contribution in [2.45, 2.75) is 51.9 Å². The van der Waals surface area contributed by atoms with Gasteiger partial charge in [0.15, 0.2) is 0 Å². The molecular weight excluding hydrogens is 348 g/mol. The van der Waals surface area contributed by atoms with Crippen molar-refractivity contribution in [3.05, 3.63) is 36.0 Å². The molecule has 3 rings (SSSR count). The second-order valence-electron chi connectivity index (χ2n) is 7.80. The van der Waals surface area contributed by atoms with E-state index in [9.17, 15) is 14.7 Å². The molecule has 0 bridgehead atoms. The van der Waals surface area contributed by atoms with Crippen molar-refractivity contribution in [1.82, 2.24) is 9.88 Å². The number of aliphatic carboxylic acids is 1. The number of pyridine rings is 1. The minimum atomic E-state index is -1.08. The highest BCUT2D eigenvalue weighted by Gasteiger charge is 2.42. The molecule has 27 heavy (non-hydrogen) atoms. The number of hydrogen-bond acceptors (Lipinski definition) is 5. The maximum Gasteiger partial charge on any atom is 0.411 e. The van der Waals surface area contributed by atoms with Crippen molar-refractivity contribution in [2.24, 2.45) is 0 Å². The highest BCUT2D eigenvalue weighted by Crippen LogP contribution is 2.29. The van der Waals surface area contributed by atoms with Crippen molar-refractivity contribution in [3.8, 4) is 5.88 Å². The number of aryl methyl sites for hydroxylation is 1. The van der Waals surface area contributed by atoms with E-state index in [1.165, 1.54) is 4.90 Å². The van der Waals surface area contributed by atoms with Crippen LogP contribution in [0.1, 0.15) is 32.8 Å². The second kappa shape index (κ2) is 7.06. The number of likely N-dealkylation sites (tertiary alicyclic amines) is 1. The lowest BCUT2D eigenvalue weighted by molar-refractivity contribution is -0.142. The summed E-state index contributed by atoms with van der Waals surface area (Å²) in [4.78, 5) is 29.5. The Morgan fingerprint density at radius 3 is 2.67 bits per heavy atom. The standard InChI is InChI=1S/C20H24N2O5/c1-12-5-6-13-7-8-21-17(15(13)9-12)26-14-10-16(18(23)24)22(11-14)19(25)27-20(2,3)4/h5-9,14,16H,10-11H2,1-4H3,(H,23,24)/t14-,16+/m1/s1. The number of amides is 1. The van der Waals surface area contributed by atoms with Gasteiger partial charge in [-0.25, -0.2) is 14.6 Å². The number of carboxylic acid groups (broad SMARTS) is 1. The number of hydrogen-bond donors (Lipinski definition) is 1. The molecule has 1 aromatic carbocycles. The number of fused-ring (bicyclic) bond motifs is 1.